The molecule has 33 heavy (non-hydrogen) atoms. The lowest BCUT2D eigenvalue weighted by Crippen LogP contribution is -2.52. The Morgan fingerprint density at radius 3 is 2.52 bits per heavy atom. The van der Waals surface area contributed by atoms with Gasteiger partial charge in [0.2, 0.25) is 5.88 Å². The molecular weight excluding hydrogens is 442 g/mol. The minimum atomic E-state index is -1.95. The summed E-state index contributed by atoms with van der Waals surface area (Å²) in [4.78, 5) is 7.70. The molecule has 0 spiro atoms. The van der Waals surface area contributed by atoms with Crippen molar-refractivity contribution in [1.29, 1.82) is 0 Å². The predicted molar refractivity (Wildman–Crippen MR) is 122 cm³/mol. The minimum Gasteiger partial charge on any atom is -0.481 e. The van der Waals surface area contributed by atoms with Crippen molar-refractivity contribution in [1.82, 2.24) is 4.98 Å². The van der Waals surface area contributed by atoms with Crippen molar-refractivity contribution in [2.45, 2.75) is 23.2 Å². The van der Waals surface area contributed by atoms with Crippen LogP contribution in [0.1, 0.15) is 22.6 Å². The molecule has 2 heterocycles. The van der Waals surface area contributed by atoms with Gasteiger partial charge >= 0.3 is 0 Å². The second-order valence-electron chi connectivity index (χ2n) is 8.32. The van der Waals surface area contributed by atoms with Gasteiger partial charge in [-0.05, 0) is 17.7 Å². The van der Waals surface area contributed by atoms with Gasteiger partial charge < -0.3 is 25.4 Å². The Hall–Kier alpha value is -3.15. The normalized spacial score (nSPS) is 29.6. The number of nitrogens with two attached hydrogens (primary N) is 1. The number of aromatic nitrogens is 1. The highest BCUT2D eigenvalue weighted by Gasteiger charge is 2.76. The number of ether oxygens (including phenoxy) is 2. The molecule has 3 aromatic rings. The molecule has 168 valence electrons. The fourth-order valence-corrected chi connectivity index (χ4v) is 5.77. The van der Waals surface area contributed by atoms with Gasteiger partial charge in [-0.3, -0.25) is 0 Å². The average Bonchev–Trinajstić information content (AvgIpc) is 3.21. The van der Waals surface area contributed by atoms with Gasteiger partial charge in [-0.25, -0.2) is 9.83 Å². The lowest BCUT2D eigenvalue weighted by molar-refractivity contribution is -0.152. The largest absolute Gasteiger partial charge is 0.481 e. The van der Waals surface area contributed by atoms with Gasteiger partial charge in [-0.1, -0.05) is 66.2 Å². The fourth-order valence-electron chi connectivity index (χ4n) is 5.60. The quantitative estimate of drug-likeness (QED) is 0.404. The first-order valence-electron chi connectivity index (χ1n) is 10.5. The van der Waals surface area contributed by atoms with E-state index < -0.39 is 29.1 Å². The van der Waals surface area contributed by atoms with Crippen LogP contribution in [-0.4, -0.2) is 35.0 Å². The van der Waals surface area contributed by atoms with E-state index in [0.29, 0.717) is 11.3 Å². The average molecular weight is 464 g/mol. The van der Waals surface area contributed by atoms with Crippen LogP contribution in [0.25, 0.3) is 4.85 Å². The summed E-state index contributed by atoms with van der Waals surface area (Å²) in [7, 11) is 1.42. The van der Waals surface area contributed by atoms with E-state index in [4.69, 9.17) is 33.4 Å². The van der Waals surface area contributed by atoms with Crippen molar-refractivity contribution >= 4 is 17.3 Å². The van der Waals surface area contributed by atoms with Crippen LogP contribution >= 0.6 is 11.6 Å². The number of hydrogen-bond acceptors (Lipinski definition) is 6. The number of nitrogens with zero attached hydrogens (tertiary/aromatic N) is 2. The van der Waals surface area contributed by atoms with Crippen LogP contribution in [-0.2, 0) is 11.2 Å². The van der Waals surface area contributed by atoms with Gasteiger partial charge in [0.05, 0.1) is 25.3 Å². The molecule has 1 saturated carbocycles. The molecular formula is C25H22ClN3O4. The summed E-state index contributed by atoms with van der Waals surface area (Å²) in [6, 6.07) is 17.9. The van der Waals surface area contributed by atoms with Crippen LogP contribution in [0.5, 0.6) is 11.6 Å². The Morgan fingerprint density at radius 2 is 1.91 bits per heavy atom. The highest BCUT2D eigenvalue weighted by molar-refractivity contribution is 6.29. The van der Waals surface area contributed by atoms with Crippen LogP contribution in [0.3, 0.4) is 0 Å². The molecule has 0 radical (unpaired) electrons. The molecule has 2 aromatic carbocycles. The Bertz CT molecular complexity index is 1250. The molecule has 7 nitrogen and oxygen atoms in total. The van der Waals surface area contributed by atoms with Crippen molar-refractivity contribution in [2.75, 3.05) is 13.7 Å². The Kier molecular flexibility index (Phi) is 5.07. The molecule has 5 atom stereocenters. The van der Waals surface area contributed by atoms with Gasteiger partial charge in [0.1, 0.15) is 10.9 Å². The second-order valence-corrected chi connectivity index (χ2v) is 8.71. The van der Waals surface area contributed by atoms with Gasteiger partial charge in [0.25, 0.3) is 0 Å². The molecule has 1 aliphatic carbocycles. The number of aliphatic hydroxyl groups excluding tert-OH is 1. The van der Waals surface area contributed by atoms with Crippen LogP contribution in [0.4, 0.5) is 5.69 Å². The maximum Gasteiger partial charge on any atom is 0.224 e. The SMILES string of the molecule is [C-]#[N+]c1ccc([C@@]23Oc4cc(Cl)nc(OC)c4[C@]2(O)[C@H](O)[C@H](CN)[C@H]3c2ccccc2)cc1. The number of rotatable bonds is 4. The Balaban J connectivity index is 1.87. The number of halogens is 1. The predicted octanol–water partition coefficient (Wildman–Crippen LogP) is 3.50. The monoisotopic (exact) mass is 463 g/mol. The van der Waals surface area contributed by atoms with Crippen molar-refractivity contribution in [3.05, 3.63) is 93.9 Å². The van der Waals surface area contributed by atoms with Crippen molar-refractivity contribution in [2.24, 2.45) is 11.7 Å². The van der Waals surface area contributed by atoms with E-state index in [9.17, 15) is 10.2 Å². The lowest BCUT2D eigenvalue weighted by atomic mass is 9.71. The van der Waals surface area contributed by atoms with E-state index in [1.54, 1.807) is 24.3 Å². The molecule has 1 fully saturated rings. The van der Waals surface area contributed by atoms with E-state index in [1.807, 2.05) is 30.3 Å². The second kappa shape index (κ2) is 7.72. The standard InChI is InChI=1S/C25H22ClN3O4/c1-28-16-10-8-15(9-11-16)25-20(14-6-4-3-5-7-14)17(13-27)22(30)24(25,31)21-18(33-25)12-19(26)29-23(21)32-2/h3-12,17,20,22,30-31H,13,27H2,2H3/t17-,20-,22-,24+,25+/m1/s1. The molecule has 5 rings (SSSR count). The number of fused-ring (bicyclic) bond motifs is 3. The summed E-state index contributed by atoms with van der Waals surface area (Å²) in [5.41, 5.74) is 4.87. The summed E-state index contributed by atoms with van der Waals surface area (Å²) < 4.78 is 12.1. The molecule has 8 heteroatoms. The van der Waals surface area contributed by atoms with Gasteiger partial charge in [0.15, 0.2) is 16.9 Å². The van der Waals surface area contributed by atoms with Crippen molar-refractivity contribution < 1.29 is 19.7 Å². The number of aliphatic hydroxyl groups is 2. The first kappa shape index (κ1) is 21.7. The highest BCUT2D eigenvalue weighted by Crippen LogP contribution is 2.69. The summed E-state index contributed by atoms with van der Waals surface area (Å²) in [5.74, 6) is -0.730. The number of methoxy groups -OCH3 is 1. The molecule has 0 amide bonds. The maximum absolute atomic E-state index is 12.5. The number of hydrogen-bond donors (Lipinski definition) is 3. The van der Waals surface area contributed by atoms with Gasteiger partial charge in [-0.15, -0.1) is 0 Å². The summed E-state index contributed by atoms with van der Waals surface area (Å²) in [6.07, 6.45) is -1.30. The van der Waals surface area contributed by atoms with E-state index in [2.05, 4.69) is 9.83 Å². The third-order valence-corrected chi connectivity index (χ3v) is 7.08. The third kappa shape index (κ3) is 2.76. The van der Waals surface area contributed by atoms with E-state index in [1.165, 1.54) is 13.2 Å². The molecule has 1 aromatic heterocycles. The molecule has 0 unspecified atom stereocenters. The number of benzene rings is 2. The minimum absolute atomic E-state index is 0.0724. The maximum atomic E-state index is 12.5. The van der Waals surface area contributed by atoms with E-state index in [-0.39, 0.29) is 28.9 Å². The van der Waals surface area contributed by atoms with Crippen LogP contribution in [0.2, 0.25) is 5.15 Å². The van der Waals surface area contributed by atoms with E-state index in [0.717, 1.165) is 5.56 Å². The van der Waals surface area contributed by atoms with Crippen LogP contribution in [0, 0.1) is 12.5 Å². The fraction of sp³-hybridized carbons (Fsp3) is 0.280. The summed E-state index contributed by atoms with van der Waals surface area (Å²) in [6.45, 7) is 7.41. The highest BCUT2D eigenvalue weighted by atomic mass is 35.5. The van der Waals surface area contributed by atoms with E-state index >= 15 is 0 Å². The zero-order valence-corrected chi connectivity index (χ0v) is 18.5. The molecule has 0 bridgehead atoms. The topological polar surface area (TPSA) is 102 Å². The number of pyridine rings is 1. The zero-order chi connectivity index (χ0) is 23.4. The smallest absolute Gasteiger partial charge is 0.224 e. The molecule has 4 N–H and O–H groups in total. The first-order valence-corrected chi connectivity index (χ1v) is 10.9. The lowest BCUT2D eigenvalue weighted by Gasteiger charge is -2.41. The Morgan fingerprint density at radius 1 is 1.21 bits per heavy atom. The van der Waals surface area contributed by atoms with Gasteiger partial charge in [0, 0.05) is 17.9 Å². The zero-order valence-electron chi connectivity index (χ0n) is 17.8. The van der Waals surface area contributed by atoms with Crippen LogP contribution < -0.4 is 15.2 Å². The summed E-state index contributed by atoms with van der Waals surface area (Å²) >= 11 is 6.22. The van der Waals surface area contributed by atoms with Crippen molar-refractivity contribution in [3.8, 4) is 11.6 Å². The molecule has 0 saturated heterocycles. The molecule has 2 aliphatic rings. The first-order chi connectivity index (χ1) is 15.9. The summed E-state index contributed by atoms with van der Waals surface area (Å²) in [5, 5.41) is 24.2. The molecule has 1 aliphatic heterocycles. The van der Waals surface area contributed by atoms with Crippen LogP contribution in [0.15, 0.2) is 60.7 Å². The van der Waals surface area contributed by atoms with Crippen molar-refractivity contribution in [3.63, 3.8) is 0 Å². The van der Waals surface area contributed by atoms with Gasteiger partial charge in [-0.2, -0.15) is 0 Å². The third-order valence-electron chi connectivity index (χ3n) is 6.89. The Labute approximate surface area is 196 Å².